The van der Waals surface area contributed by atoms with Crippen molar-refractivity contribution >= 4 is 0 Å². The lowest BCUT2D eigenvalue weighted by molar-refractivity contribution is -0.574. The number of nitro groups is 8. The van der Waals surface area contributed by atoms with E-state index in [2.05, 4.69) is 0 Å². The quantitative estimate of drug-likeness (QED) is 0.0364. The summed E-state index contributed by atoms with van der Waals surface area (Å²) in [5.74, 6) is 0. The number of rotatable bonds is 31. The Kier molecular flexibility index (Phi) is 35.3. The van der Waals surface area contributed by atoms with E-state index >= 15 is 0 Å². The molecule has 414 valence electrons. The first kappa shape index (κ1) is 73.9. The predicted molar refractivity (Wildman–Crippen MR) is 250 cm³/mol. The smallest absolute Gasteiger partial charge is 0.242 e. The van der Waals surface area contributed by atoms with Gasteiger partial charge in [0.2, 0.25) is 44.3 Å². The highest BCUT2D eigenvalue weighted by Crippen LogP contribution is 2.18. The lowest BCUT2D eigenvalue weighted by atomic mass is 10.0. The highest BCUT2D eigenvalue weighted by atomic mass is 16.7. The van der Waals surface area contributed by atoms with Crippen LogP contribution in [0.25, 0.3) is 0 Å². The van der Waals surface area contributed by atoms with Crippen molar-refractivity contribution in [3.8, 4) is 0 Å². The molecule has 0 aromatic heterocycles. The Morgan fingerprint density at radius 1 is 0.300 bits per heavy atom. The molecular formula is C39H80N8O23. The van der Waals surface area contributed by atoms with Gasteiger partial charge in [0.05, 0.1) is 0 Å². The molecule has 3 unspecified atom stereocenters. The van der Waals surface area contributed by atoms with E-state index in [0.717, 1.165) is 0 Å². The summed E-state index contributed by atoms with van der Waals surface area (Å²) in [6.45, 7) is 24.3. The summed E-state index contributed by atoms with van der Waals surface area (Å²) >= 11 is 0. The minimum atomic E-state index is -1.19. The fourth-order valence-electron chi connectivity index (χ4n) is 3.03. The molecular weight excluding hydrogens is 948 g/mol. The van der Waals surface area contributed by atoms with E-state index < -0.39 is 75.5 Å². The number of hydrogen-bond donors (Lipinski definition) is 1. The van der Waals surface area contributed by atoms with Gasteiger partial charge in [-0.05, 0) is 0 Å². The molecule has 0 heterocycles. The Bertz CT molecular complexity index is 1550. The van der Waals surface area contributed by atoms with Gasteiger partial charge in [-0.2, -0.15) is 0 Å². The molecule has 3 atom stereocenters. The lowest BCUT2D eigenvalue weighted by Gasteiger charge is -2.21. The number of ether oxygens (including phenoxy) is 6. The van der Waals surface area contributed by atoms with Crippen LogP contribution in [-0.4, -0.2) is 155 Å². The van der Waals surface area contributed by atoms with Crippen LogP contribution in [0.5, 0.6) is 0 Å². The zero-order valence-corrected chi connectivity index (χ0v) is 43.9. The van der Waals surface area contributed by atoms with Crippen molar-refractivity contribution < 1.29 is 72.9 Å². The fourth-order valence-corrected chi connectivity index (χ4v) is 3.03. The average Bonchev–Trinajstić information content (AvgIpc) is 3.25. The van der Waals surface area contributed by atoms with Gasteiger partial charge in [0, 0.05) is 155 Å². The Labute approximate surface area is 407 Å². The molecule has 0 aliphatic carbocycles. The van der Waals surface area contributed by atoms with E-state index in [1.165, 1.54) is 76.2 Å². The molecule has 1 N–H and O–H groups in total. The molecule has 31 nitrogen and oxygen atoms in total. The molecule has 0 fully saturated rings. The van der Waals surface area contributed by atoms with Crippen molar-refractivity contribution in [1.82, 2.24) is 0 Å². The molecule has 0 saturated carbocycles. The first-order chi connectivity index (χ1) is 31.5. The highest BCUT2D eigenvalue weighted by Gasteiger charge is 2.39. The SMILES string of the molecule is CC(C)(CO)[N+](=O)[O-].CC(C)(COCOCC(C)(C)[N+](=O)[O-])[N+](=O)[O-].CCC(C)(C)[N+](=O)[O-].CCC(C)(COCOCC(C)(C)[N+](=O)[O-])[N+](=O)[O-].CCC(C)(COCOCC(C)(CC)[N+](=O)[O-])[N+](=O)[O-]. The zero-order chi connectivity index (χ0) is 56.8. The van der Waals surface area contributed by atoms with Gasteiger partial charge in [-0.25, -0.2) is 0 Å². The summed E-state index contributed by atoms with van der Waals surface area (Å²) in [5.41, 5.74) is -8.95. The van der Waals surface area contributed by atoms with Gasteiger partial charge in [-0.15, -0.1) is 0 Å². The number of aliphatic hydroxyl groups excluding tert-OH is 1. The Morgan fingerprint density at radius 2 is 0.486 bits per heavy atom. The molecule has 0 rings (SSSR count). The summed E-state index contributed by atoms with van der Waals surface area (Å²) < 4.78 is 30.1. The van der Waals surface area contributed by atoms with Crippen LogP contribution in [0.1, 0.15) is 143 Å². The minimum absolute atomic E-state index is 0.0855. The second-order valence-corrected chi connectivity index (χ2v) is 19.6. The van der Waals surface area contributed by atoms with Gasteiger partial charge < -0.3 is 33.5 Å². The molecule has 0 aromatic carbocycles. The monoisotopic (exact) mass is 1030 g/mol. The fraction of sp³-hybridized carbons (Fsp3) is 1.00. The maximum Gasteiger partial charge on any atom is 0.242 e. The van der Waals surface area contributed by atoms with Crippen LogP contribution in [0.4, 0.5) is 0 Å². The van der Waals surface area contributed by atoms with E-state index in [4.69, 9.17) is 33.5 Å². The maximum absolute atomic E-state index is 10.8. The third kappa shape index (κ3) is 31.2. The molecule has 0 aromatic rings. The van der Waals surface area contributed by atoms with E-state index in [9.17, 15) is 80.9 Å². The number of aliphatic hydroxyl groups is 1. The summed E-state index contributed by atoms with van der Waals surface area (Å²) in [6, 6.07) is 0. The van der Waals surface area contributed by atoms with Crippen molar-refractivity contribution in [1.29, 1.82) is 0 Å². The number of nitrogens with zero attached hydrogens (tertiary/aromatic N) is 8. The zero-order valence-electron chi connectivity index (χ0n) is 43.9. The van der Waals surface area contributed by atoms with Crippen LogP contribution < -0.4 is 0 Å². The van der Waals surface area contributed by atoms with E-state index in [0.29, 0.717) is 25.7 Å². The minimum Gasteiger partial charge on any atom is -0.389 e. The van der Waals surface area contributed by atoms with Crippen LogP contribution in [-0.2, 0) is 28.4 Å². The summed E-state index contributed by atoms with van der Waals surface area (Å²) in [7, 11) is 0. The predicted octanol–water partition coefficient (Wildman–Crippen LogP) is 5.92. The van der Waals surface area contributed by atoms with Crippen molar-refractivity contribution in [3.05, 3.63) is 80.9 Å². The second-order valence-electron chi connectivity index (χ2n) is 19.6. The topological polar surface area (TPSA) is 421 Å². The van der Waals surface area contributed by atoms with E-state index in [-0.39, 0.29) is 74.8 Å². The molecule has 0 amide bonds. The van der Waals surface area contributed by atoms with Gasteiger partial charge in [0.1, 0.15) is 66.6 Å². The van der Waals surface area contributed by atoms with Gasteiger partial charge in [-0.3, -0.25) is 80.9 Å². The van der Waals surface area contributed by atoms with Crippen molar-refractivity contribution in [2.24, 2.45) is 0 Å². The van der Waals surface area contributed by atoms with Gasteiger partial charge in [0.25, 0.3) is 0 Å². The Balaban J connectivity index is -0.000000262. The molecule has 0 saturated heterocycles. The van der Waals surface area contributed by atoms with Gasteiger partial charge in [0.15, 0.2) is 0 Å². The first-order valence-corrected chi connectivity index (χ1v) is 21.7. The standard InChI is InChI=1S/C11H22N2O6.C10H20N2O6.C9H18N2O6.C5H11NO2.C4H9NO3/c1-5-10(3,12(14)15)7-18-9-19-8-11(4,6-2)13(16)17;1-5-10(4,12(15)16)7-18-8-17-6-9(2,3)11(13)14;1-8(2,10(12)13)5-16-7-17-6-9(3,4)11(14)15;1-4-5(2,3)6(7)8;1-4(2,3-6)5(7)8/h5-9H2,1-4H3;5-8H2,1-4H3;5-7H2,1-4H3;4H2,1-3H3;6H,3H2,1-2H3. The summed E-state index contributed by atoms with van der Waals surface area (Å²) in [6.07, 6.45) is 1.59. The molecule has 0 aliphatic rings. The van der Waals surface area contributed by atoms with E-state index in [1.807, 2.05) is 6.92 Å². The van der Waals surface area contributed by atoms with Crippen molar-refractivity contribution in [3.63, 3.8) is 0 Å². The van der Waals surface area contributed by atoms with Crippen LogP contribution in [0.15, 0.2) is 0 Å². The molecule has 0 spiro atoms. The van der Waals surface area contributed by atoms with Crippen LogP contribution in [0.2, 0.25) is 0 Å². The third-order valence-corrected chi connectivity index (χ3v) is 10.4. The normalized spacial score (nSPS) is 14.3. The molecule has 70 heavy (non-hydrogen) atoms. The van der Waals surface area contributed by atoms with E-state index in [1.54, 1.807) is 34.6 Å². The average molecular weight is 1030 g/mol. The molecule has 0 radical (unpaired) electrons. The summed E-state index contributed by atoms with van der Waals surface area (Å²) in [4.78, 5) is 80.7. The Hall–Kier alpha value is -5.08. The van der Waals surface area contributed by atoms with Crippen LogP contribution in [0.3, 0.4) is 0 Å². The van der Waals surface area contributed by atoms with Crippen LogP contribution >= 0.6 is 0 Å². The molecule has 0 aliphatic heterocycles. The highest BCUT2D eigenvalue weighted by molar-refractivity contribution is 4.73. The second kappa shape index (κ2) is 33.5. The third-order valence-electron chi connectivity index (χ3n) is 10.4. The summed E-state index contributed by atoms with van der Waals surface area (Å²) in [5, 5.41) is 92.3. The first-order valence-electron chi connectivity index (χ1n) is 21.7. The molecule has 31 heteroatoms. The number of hydrogen-bond acceptors (Lipinski definition) is 23. The Morgan fingerprint density at radius 3 is 0.586 bits per heavy atom. The molecule has 0 bridgehead atoms. The maximum atomic E-state index is 10.8. The van der Waals surface area contributed by atoms with Gasteiger partial charge in [-0.1, -0.05) is 27.7 Å². The van der Waals surface area contributed by atoms with Gasteiger partial charge >= 0.3 is 0 Å². The van der Waals surface area contributed by atoms with Crippen LogP contribution in [0, 0.1) is 80.9 Å². The van der Waals surface area contributed by atoms with Crippen molar-refractivity contribution in [2.75, 3.05) is 66.6 Å². The largest absolute Gasteiger partial charge is 0.389 e. The lowest BCUT2D eigenvalue weighted by Crippen LogP contribution is -2.41. The van der Waals surface area contributed by atoms with Crippen molar-refractivity contribution in [2.45, 2.75) is 188 Å².